The number of hydrogen-bond acceptors (Lipinski definition) is 6. The van der Waals surface area contributed by atoms with Crippen LogP contribution in [0.25, 0.3) is 11.4 Å². The molecule has 0 spiro atoms. The predicted molar refractivity (Wildman–Crippen MR) is 82.4 cm³/mol. The van der Waals surface area contributed by atoms with Gasteiger partial charge < -0.3 is 4.42 Å². The first kappa shape index (κ1) is 14.9. The van der Waals surface area contributed by atoms with Gasteiger partial charge >= 0.3 is 0 Å². The van der Waals surface area contributed by atoms with Gasteiger partial charge in [0.15, 0.2) is 5.82 Å². The van der Waals surface area contributed by atoms with Crippen molar-refractivity contribution in [1.29, 1.82) is 5.26 Å². The minimum absolute atomic E-state index is 0.196. The van der Waals surface area contributed by atoms with E-state index in [9.17, 15) is 0 Å². The lowest BCUT2D eigenvalue weighted by atomic mass is 10.1. The van der Waals surface area contributed by atoms with E-state index in [1.165, 1.54) is 0 Å². The Morgan fingerprint density at radius 3 is 2.78 bits per heavy atom. The summed E-state index contributed by atoms with van der Waals surface area (Å²) < 4.78 is 7.59. The van der Waals surface area contributed by atoms with E-state index in [4.69, 9.17) is 9.68 Å². The van der Waals surface area contributed by atoms with Gasteiger partial charge in [-0.05, 0) is 26.0 Å². The summed E-state index contributed by atoms with van der Waals surface area (Å²) in [6.45, 7) is 5.80. The third kappa shape index (κ3) is 2.71. The minimum atomic E-state index is -0.196. The summed E-state index contributed by atoms with van der Waals surface area (Å²) in [5.41, 5.74) is 1.40. The van der Waals surface area contributed by atoms with E-state index in [1.54, 1.807) is 12.1 Å². The summed E-state index contributed by atoms with van der Waals surface area (Å²) in [4.78, 5) is 0. The zero-order chi connectivity index (χ0) is 16.4. The lowest BCUT2D eigenvalue weighted by Crippen LogP contribution is -2.11. The van der Waals surface area contributed by atoms with E-state index in [2.05, 4.69) is 26.5 Å². The Hall–Kier alpha value is -3.01. The van der Waals surface area contributed by atoms with Crippen LogP contribution in [-0.4, -0.2) is 25.0 Å². The van der Waals surface area contributed by atoms with E-state index in [-0.39, 0.29) is 6.04 Å². The standard InChI is InChI=1S/C16H16N6O/c1-4-14-19-21-16(23-14)10(2)22-11(3)18-20-15(22)13-7-5-6-12(8-13)9-17/h5-8,10H,4H2,1-3H3. The first-order chi connectivity index (χ1) is 11.1. The van der Waals surface area contributed by atoms with Crippen molar-refractivity contribution >= 4 is 0 Å². The lowest BCUT2D eigenvalue weighted by Gasteiger charge is -2.13. The van der Waals surface area contributed by atoms with Crippen LogP contribution in [0, 0.1) is 18.3 Å². The number of hydrogen-bond donors (Lipinski definition) is 0. The monoisotopic (exact) mass is 308 g/mol. The van der Waals surface area contributed by atoms with Crippen LogP contribution in [0.5, 0.6) is 0 Å². The van der Waals surface area contributed by atoms with Crippen molar-refractivity contribution in [2.45, 2.75) is 33.2 Å². The van der Waals surface area contributed by atoms with E-state index < -0.39 is 0 Å². The molecule has 116 valence electrons. The van der Waals surface area contributed by atoms with Gasteiger partial charge in [0, 0.05) is 12.0 Å². The first-order valence-electron chi connectivity index (χ1n) is 7.38. The van der Waals surface area contributed by atoms with Crippen molar-refractivity contribution in [3.63, 3.8) is 0 Å². The van der Waals surface area contributed by atoms with Crippen LogP contribution in [0.1, 0.15) is 43.1 Å². The van der Waals surface area contributed by atoms with Gasteiger partial charge in [-0.2, -0.15) is 5.26 Å². The van der Waals surface area contributed by atoms with E-state index in [0.717, 1.165) is 11.4 Å². The van der Waals surface area contributed by atoms with Crippen LogP contribution in [0.4, 0.5) is 0 Å². The minimum Gasteiger partial charge on any atom is -0.423 e. The molecule has 0 N–H and O–H groups in total. The Kier molecular flexibility index (Phi) is 3.89. The Bertz CT molecular complexity index is 873. The topological polar surface area (TPSA) is 93.4 Å². The molecule has 1 aromatic carbocycles. The summed E-state index contributed by atoms with van der Waals surface area (Å²) in [5, 5.41) is 25.6. The number of benzene rings is 1. The molecule has 1 unspecified atom stereocenters. The number of nitriles is 1. The molecule has 3 rings (SSSR count). The van der Waals surface area contributed by atoms with Gasteiger partial charge in [0.1, 0.15) is 11.9 Å². The van der Waals surface area contributed by atoms with Crippen molar-refractivity contribution in [3.05, 3.63) is 47.4 Å². The Morgan fingerprint density at radius 2 is 2.09 bits per heavy atom. The molecule has 0 saturated heterocycles. The number of aryl methyl sites for hydroxylation is 2. The van der Waals surface area contributed by atoms with Crippen LogP contribution in [0.3, 0.4) is 0 Å². The van der Waals surface area contributed by atoms with E-state index in [1.807, 2.05) is 37.5 Å². The fraction of sp³-hybridized carbons (Fsp3) is 0.312. The molecule has 7 heteroatoms. The second-order valence-electron chi connectivity index (χ2n) is 5.20. The molecular formula is C16H16N6O. The van der Waals surface area contributed by atoms with Crippen LogP contribution in [0.15, 0.2) is 28.7 Å². The van der Waals surface area contributed by atoms with Gasteiger partial charge in [0.05, 0.1) is 11.6 Å². The van der Waals surface area contributed by atoms with Crippen LogP contribution < -0.4 is 0 Å². The molecular weight excluding hydrogens is 292 g/mol. The highest BCUT2D eigenvalue weighted by atomic mass is 16.4. The van der Waals surface area contributed by atoms with Gasteiger partial charge in [-0.15, -0.1) is 20.4 Å². The average Bonchev–Trinajstić information content (AvgIpc) is 3.21. The molecule has 7 nitrogen and oxygen atoms in total. The summed E-state index contributed by atoms with van der Waals surface area (Å²) >= 11 is 0. The first-order valence-corrected chi connectivity index (χ1v) is 7.38. The second kappa shape index (κ2) is 6.01. The number of aromatic nitrogens is 5. The summed E-state index contributed by atoms with van der Waals surface area (Å²) in [6.07, 6.45) is 0.692. The van der Waals surface area contributed by atoms with Gasteiger partial charge in [-0.1, -0.05) is 19.1 Å². The SMILES string of the molecule is CCc1nnc(C(C)n2c(C)nnc2-c2cccc(C#N)c2)o1. The van der Waals surface area contributed by atoms with Crippen LogP contribution in [0.2, 0.25) is 0 Å². The molecule has 2 aromatic heterocycles. The highest BCUT2D eigenvalue weighted by Crippen LogP contribution is 2.26. The van der Waals surface area contributed by atoms with Crippen molar-refractivity contribution in [2.75, 3.05) is 0 Å². The molecule has 0 fully saturated rings. The molecule has 0 bridgehead atoms. The molecule has 0 amide bonds. The maximum Gasteiger partial charge on any atom is 0.239 e. The summed E-state index contributed by atoms with van der Waals surface area (Å²) in [6, 6.07) is 9.22. The summed E-state index contributed by atoms with van der Waals surface area (Å²) in [5.74, 6) is 2.53. The van der Waals surface area contributed by atoms with Crippen molar-refractivity contribution < 1.29 is 4.42 Å². The Balaban J connectivity index is 2.06. The Morgan fingerprint density at radius 1 is 1.26 bits per heavy atom. The molecule has 0 aliphatic carbocycles. The van der Waals surface area contributed by atoms with Crippen molar-refractivity contribution in [1.82, 2.24) is 25.0 Å². The van der Waals surface area contributed by atoms with Crippen molar-refractivity contribution in [2.24, 2.45) is 0 Å². The average molecular weight is 308 g/mol. The highest BCUT2D eigenvalue weighted by Gasteiger charge is 2.22. The van der Waals surface area contributed by atoms with Crippen LogP contribution >= 0.6 is 0 Å². The fourth-order valence-electron chi connectivity index (χ4n) is 2.45. The van der Waals surface area contributed by atoms with Crippen molar-refractivity contribution in [3.8, 4) is 17.5 Å². The van der Waals surface area contributed by atoms with Gasteiger partial charge in [-0.25, -0.2) is 0 Å². The quantitative estimate of drug-likeness (QED) is 0.735. The zero-order valence-corrected chi connectivity index (χ0v) is 13.2. The number of rotatable bonds is 4. The normalized spacial score (nSPS) is 12.1. The third-order valence-corrected chi connectivity index (χ3v) is 3.65. The maximum atomic E-state index is 9.07. The molecule has 2 heterocycles. The molecule has 0 aliphatic rings. The molecule has 0 saturated carbocycles. The smallest absolute Gasteiger partial charge is 0.239 e. The molecule has 0 aliphatic heterocycles. The maximum absolute atomic E-state index is 9.07. The Labute approximate surface area is 133 Å². The van der Waals surface area contributed by atoms with E-state index >= 15 is 0 Å². The highest BCUT2D eigenvalue weighted by molar-refractivity contribution is 5.58. The predicted octanol–water partition coefficient (Wildman–Crippen LogP) is 2.68. The molecule has 23 heavy (non-hydrogen) atoms. The zero-order valence-electron chi connectivity index (χ0n) is 13.2. The van der Waals surface area contributed by atoms with Gasteiger partial charge in [0.25, 0.3) is 0 Å². The summed E-state index contributed by atoms with van der Waals surface area (Å²) in [7, 11) is 0. The van der Waals surface area contributed by atoms with E-state index in [0.29, 0.717) is 29.6 Å². The fourth-order valence-corrected chi connectivity index (χ4v) is 2.45. The third-order valence-electron chi connectivity index (χ3n) is 3.65. The second-order valence-corrected chi connectivity index (χ2v) is 5.20. The van der Waals surface area contributed by atoms with Gasteiger partial charge in [-0.3, -0.25) is 4.57 Å². The van der Waals surface area contributed by atoms with Gasteiger partial charge in [0.2, 0.25) is 11.8 Å². The largest absolute Gasteiger partial charge is 0.423 e. The number of nitrogens with zero attached hydrogens (tertiary/aromatic N) is 6. The van der Waals surface area contributed by atoms with Crippen LogP contribution in [-0.2, 0) is 6.42 Å². The molecule has 0 radical (unpaired) electrons. The molecule has 3 aromatic rings. The molecule has 1 atom stereocenters. The lowest BCUT2D eigenvalue weighted by molar-refractivity contribution is 0.403.